The molecule has 0 bridgehead atoms. The third-order valence-corrected chi connectivity index (χ3v) is 5.46. The highest BCUT2D eigenvalue weighted by molar-refractivity contribution is 7.89. The van der Waals surface area contributed by atoms with E-state index < -0.39 is 22.0 Å². The van der Waals surface area contributed by atoms with Crippen molar-refractivity contribution < 1.29 is 23.1 Å². The van der Waals surface area contributed by atoms with Crippen molar-refractivity contribution in [1.82, 2.24) is 4.31 Å². The van der Waals surface area contributed by atoms with Gasteiger partial charge in [-0.2, -0.15) is 4.31 Å². The molecule has 7 heteroatoms. The highest BCUT2D eigenvalue weighted by Gasteiger charge is 2.37. The van der Waals surface area contributed by atoms with Gasteiger partial charge in [0.15, 0.2) is 0 Å². The molecule has 1 heterocycles. The predicted octanol–water partition coefficient (Wildman–Crippen LogP) is 2.10. The Kier molecular flexibility index (Phi) is 5.08. The smallest absolute Gasteiger partial charge is 0.322 e. The Hall–Kier alpha value is -1.60. The molecule has 1 unspecified atom stereocenters. The SMILES string of the molecule is CC(C)Oc1ccc(S(=O)(=O)N2CCCCC2C(=O)O)cc1. The van der Waals surface area contributed by atoms with Crippen molar-refractivity contribution in [2.45, 2.75) is 50.2 Å². The summed E-state index contributed by atoms with van der Waals surface area (Å²) in [4.78, 5) is 11.4. The average molecular weight is 327 g/mol. The molecule has 0 radical (unpaired) electrons. The zero-order valence-corrected chi connectivity index (χ0v) is 13.5. The number of hydrogen-bond donors (Lipinski definition) is 1. The number of nitrogens with zero attached hydrogens (tertiary/aromatic N) is 1. The molecule has 0 aromatic heterocycles. The lowest BCUT2D eigenvalue weighted by Gasteiger charge is -2.31. The van der Waals surface area contributed by atoms with Crippen LogP contribution in [0.25, 0.3) is 0 Å². The van der Waals surface area contributed by atoms with Crippen molar-refractivity contribution in [3.63, 3.8) is 0 Å². The van der Waals surface area contributed by atoms with Crippen molar-refractivity contribution in [1.29, 1.82) is 0 Å². The number of carboxylic acid groups (broad SMARTS) is 1. The first-order valence-corrected chi connectivity index (χ1v) is 8.78. The zero-order valence-electron chi connectivity index (χ0n) is 12.7. The molecule has 2 rings (SSSR count). The Morgan fingerprint density at radius 1 is 1.27 bits per heavy atom. The fourth-order valence-electron chi connectivity index (χ4n) is 2.54. The molecule has 1 aromatic carbocycles. The Bertz CT molecular complexity index is 624. The maximum Gasteiger partial charge on any atom is 0.322 e. The number of aliphatic carboxylic acids is 1. The van der Waals surface area contributed by atoms with Gasteiger partial charge in [-0.05, 0) is 57.4 Å². The number of piperidine rings is 1. The summed E-state index contributed by atoms with van der Waals surface area (Å²) in [6.45, 7) is 4.01. The number of sulfonamides is 1. The van der Waals surface area contributed by atoms with Crippen LogP contribution in [0.5, 0.6) is 5.75 Å². The second-order valence-corrected chi connectivity index (χ2v) is 7.49. The van der Waals surface area contributed by atoms with Crippen LogP contribution in [0.3, 0.4) is 0 Å². The van der Waals surface area contributed by atoms with E-state index in [9.17, 15) is 18.3 Å². The van der Waals surface area contributed by atoms with Gasteiger partial charge < -0.3 is 9.84 Å². The fourth-order valence-corrected chi connectivity index (χ4v) is 4.19. The van der Waals surface area contributed by atoms with Crippen LogP contribution in [0, 0.1) is 0 Å². The summed E-state index contributed by atoms with van der Waals surface area (Å²) >= 11 is 0. The van der Waals surface area contributed by atoms with Crippen molar-refractivity contribution in [2.75, 3.05) is 6.54 Å². The maximum absolute atomic E-state index is 12.7. The Labute approximate surface area is 130 Å². The molecule has 1 saturated heterocycles. The van der Waals surface area contributed by atoms with Gasteiger partial charge in [-0.3, -0.25) is 4.79 Å². The molecule has 1 aliphatic rings. The minimum Gasteiger partial charge on any atom is -0.491 e. The lowest BCUT2D eigenvalue weighted by atomic mass is 10.1. The highest BCUT2D eigenvalue weighted by atomic mass is 32.2. The summed E-state index contributed by atoms with van der Waals surface area (Å²) in [6, 6.07) is 5.12. The number of ether oxygens (including phenoxy) is 1. The standard InChI is InChI=1S/C15H21NO5S/c1-11(2)21-12-6-8-13(9-7-12)22(19,20)16-10-4-3-5-14(16)15(17)18/h6-9,11,14H,3-5,10H2,1-2H3,(H,17,18). The Balaban J connectivity index is 2.27. The lowest BCUT2D eigenvalue weighted by Crippen LogP contribution is -2.47. The van der Waals surface area contributed by atoms with E-state index in [1.807, 2.05) is 13.8 Å². The Morgan fingerprint density at radius 3 is 2.45 bits per heavy atom. The molecule has 1 N–H and O–H groups in total. The monoisotopic (exact) mass is 327 g/mol. The van der Waals surface area contributed by atoms with E-state index in [0.29, 0.717) is 18.6 Å². The number of benzene rings is 1. The lowest BCUT2D eigenvalue weighted by molar-refractivity contribution is -0.142. The van der Waals surface area contributed by atoms with Crippen LogP contribution in [-0.4, -0.2) is 42.5 Å². The Morgan fingerprint density at radius 2 is 1.91 bits per heavy atom. The van der Waals surface area contributed by atoms with Gasteiger partial charge in [0, 0.05) is 6.54 Å². The van der Waals surface area contributed by atoms with E-state index in [4.69, 9.17) is 4.74 Å². The molecule has 122 valence electrons. The molecular weight excluding hydrogens is 306 g/mol. The van der Waals surface area contributed by atoms with Crippen molar-refractivity contribution in [3.05, 3.63) is 24.3 Å². The zero-order chi connectivity index (χ0) is 16.3. The van der Waals surface area contributed by atoms with Gasteiger partial charge in [0.25, 0.3) is 0 Å². The second kappa shape index (κ2) is 6.66. The normalized spacial score (nSPS) is 20.0. The number of rotatable bonds is 5. The summed E-state index contributed by atoms with van der Waals surface area (Å²) < 4.78 is 31.9. The van der Waals surface area contributed by atoms with Crippen LogP contribution in [0.15, 0.2) is 29.2 Å². The summed E-state index contributed by atoms with van der Waals surface area (Å²) in [5.74, 6) is -0.509. The first kappa shape index (κ1) is 16.8. The average Bonchev–Trinajstić information content (AvgIpc) is 2.47. The van der Waals surface area contributed by atoms with E-state index in [1.54, 1.807) is 12.1 Å². The van der Waals surface area contributed by atoms with Crippen molar-refractivity contribution in [3.8, 4) is 5.75 Å². The first-order chi connectivity index (χ1) is 10.3. The third-order valence-electron chi connectivity index (χ3n) is 3.54. The number of carbonyl (C=O) groups is 1. The minimum atomic E-state index is -3.80. The van der Waals surface area contributed by atoms with Crippen LogP contribution in [0.1, 0.15) is 33.1 Å². The highest BCUT2D eigenvalue weighted by Crippen LogP contribution is 2.26. The summed E-state index contributed by atoms with van der Waals surface area (Å²) in [6.07, 6.45) is 1.76. The van der Waals surface area contributed by atoms with Gasteiger partial charge in [0.2, 0.25) is 10.0 Å². The van der Waals surface area contributed by atoms with E-state index in [0.717, 1.165) is 10.7 Å². The van der Waals surface area contributed by atoms with Gasteiger partial charge in [0.05, 0.1) is 11.0 Å². The third kappa shape index (κ3) is 3.59. The summed E-state index contributed by atoms with van der Waals surface area (Å²) in [5, 5.41) is 9.24. The van der Waals surface area contributed by atoms with Crippen LogP contribution in [0.4, 0.5) is 0 Å². The molecule has 22 heavy (non-hydrogen) atoms. The molecule has 1 fully saturated rings. The number of carboxylic acids is 1. The maximum atomic E-state index is 12.7. The van der Waals surface area contributed by atoms with Gasteiger partial charge in [0.1, 0.15) is 11.8 Å². The quantitative estimate of drug-likeness (QED) is 0.895. The van der Waals surface area contributed by atoms with Crippen molar-refractivity contribution >= 4 is 16.0 Å². The molecule has 0 spiro atoms. The van der Waals surface area contributed by atoms with Crippen LogP contribution < -0.4 is 4.74 Å². The molecule has 6 nitrogen and oxygen atoms in total. The van der Waals surface area contributed by atoms with Crippen LogP contribution in [0.2, 0.25) is 0 Å². The molecule has 1 aliphatic heterocycles. The largest absolute Gasteiger partial charge is 0.491 e. The van der Waals surface area contributed by atoms with Gasteiger partial charge in [-0.25, -0.2) is 8.42 Å². The molecule has 1 aromatic rings. The van der Waals surface area contributed by atoms with Crippen molar-refractivity contribution in [2.24, 2.45) is 0 Å². The van der Waals surface area contributed by atoms with E-state index >= 15 is 0 Å². The molecule has 0 amide bonds. The fraction of sp³-hybridized carbons (Fsp3) is 0.533. The van der Waals surface area contributed by atoms with Gasteiger partial charge in [-0.15, -0.1) is 0 Å². The summed E-state index contributed by atoms with van der Waals surface area (Å²) in [7, 11) is -3.80. The van der Waals surface area contributed by atoms with Gasteiger partial charge in [-0.1, -0.05) is 0 Å². The second-order valence-electron chi connectivity index (χ2n) is 5.60. The van der Waals surface area contributed by atoms with Crippen LogP contribution in [-0.2, 0) is 14.8 Å². The topological polar surface area (TPSA) is 83.9 Å². The molecule has 0 aliphatic carbocycles. The van der Waals surface area contributed by atoms with Gasteiger partial charge >= 0.3 is 5.97 Å². The number of hydrogen-bond acceptors (Lipinski definition) is 4. The van der Waals surface area contributed by atoms with E-state index in [-0.39, 0.29) is 17.5 Å². The predicted molar refractivity (Wildman–Crippen MR) is 81.4 cm³/mol. The van der Waals surface area contributed by atoms with Crippen LogP contribution >= 0.6 is 0 Å². The van der Waals surface area contributed by atoms with E-state index in [1.165, 1.54) is 12.1 Å². The molecular formula is C15H21NO5S. The minimum absolute atomic E-state index is 0.000873. The van der Waals surface area contributed by atoms with E-state index in [2.05, 4.69) is 0 Å². The molecule has 1 atom stereocenters. The summed E-state index contributed by atoms with van der Waals surface area (Å²) in [5.41, 5.74) is 0. The first-order valence-electron chi connectivity index (χ1n) is 7.34. The molecule has 0 saturated carbocycles.